The molecule has 4 nitrogen and oxygen atoms in total. The lowest BCUT2D eigenvalue weighted by atomic mass is 9.96. The lowest BCUT2D eigenvalue weighted by Crippen LogP contribution is -2.44. The third kappa shape index (κ3) is 2.71. The van der Waals surface area contributed by atoms with E-state index in [1.165, 1.54) is 0 Å². The molecule has 2 atom stereocenters. The summed E-state index contributed by atoms with van der Waals surface area (Å²) in [7, 11) is 0. The van der Waals surface area contributed by atoms with Crippen LogP contribution < -0.4 is 5.73 Å². The van der Waals surface area contributed by atoms with Gasteiger partial charge in [-0.3, -0.25) is 4.79 Å². The Kier molecular flexibility index (Phi) is 3.99. The fourth-order valence-electron chi connectivity index (χ4n) is 2.28. The van der Waals surface area contributed by atoms with Crippen molar-refractivity contribution < 1.29 is 9.90 Å². The highest BCUT2D eigenvalue weighted by atomic mass is 16.3. The standard InChI is InChI=1S/C14H20N2O2/c1-10-9-16(7-6-13(10)17)14(18)12-4-2-11(8-15)3-5-12/h2-5,10,13,17H,6-9,15H2,1H3. The highest BCUT2D eigenvalue weighted by Gasteiger charge is 2.27. The van der Waals surface area contributed by atoms with Gasteiger partial charge in [-0.15, -0.1) is 0 Å². The van der Waals surface area contributed by atoms with Crippen molar-refractivity contribution in [3.05, 3.63) is 35.4 Å². The molecule has 1 aliphatic heterocycles. The van der Waals surface area contributed by atoms with E-state index in [0.29, 0.717) is 31.6 Å². The summed E-state index contributed by atoms with van der Waals surface area (Å²) in [5.74, 6) is 0.184. The van der Waals surface area contributed by atoms with Crippen molar-refractivity contribution >= 4 is 5.91 Å². The predicted molar refractivity (Wildman–Crippen MR) is 70.0 cm³/mol. The molecule has 1 amide bonds. The number of amides is 1. The molecule has 1 heterocycles. The zero-order valence-corrected chi connectivity index (χ0v) is 10.7. The molecule has 3 N–H and O–H groups in total. The minimum atomic E-state index is -0.284. The summed E-state index contributed by atoms with van der Waals surface area (Å²) < 4.78 is 0. The first-order chi connectivity index (χ1) is 8.61. The maximum Gasteiger partial charge on any atom is 0.253 e. The number of carbonyl (C=O) groups is 1. The van der Waals surface area contributed by atoms with E-state index in [-0.39, 0.29) is 17.9 Å². The van der Waals surface area contributed by atoms with Crippen LogP contribution in [-0.4, -0.2) is 35.1 Å². The normalized spacial score (nSPS) is 24.1. The van der Waals surface area contributed by atoms with Crippen molar-refractivity contribution in [1.29, 1.82) is 0 Å². The fourth-order valence-corrected chi connectivity index (χ4v) is 2.28. The zero-order valence-electron chi connectivity index (χ0n) is 10.7. The number of nitrogens with zero attached hydrogens (tertiary/aromatic N) is 1. The van der Waals surface area contributed by atoms with E-state index >= 15 is 0 Å². The predicted octanol–water partition coefficient (Wildman–Crippen LogP) is 0.988. The summed E-state index contributed by atoms with van der Waals surface area (Å²) in [4.78, 5) is 14.1. The number of hydrogen-bond acceptors (Lipinski definition) is 3. The lowest BCUT2D eigenvalue weighted by molar-refractivity contribution is 0.0297. The number of benzene rings is 1. The van der Waals surface area contributed by atoms with Crippen molar-refractivity contribution in [3.8, 4) is 0 Å². The minimum absolute atomic E-state index is 0.0392. The van der Waals surface area contributed by atoms with Crippen LogP contribution in [0.25, 0.3) is 0 Å². The molecule has 4 heteroatoms. The number of piperidine rings is 1. The maximum absolute atomic E-state index is 12.3. The van der Waals surface area contributed by atoms with Crippen LogP contribution in [0.1, 0.15) is 29.3 Å². The molecule has 0 aromatic heterocycles. The first-order valence-electron chi connectivity index (χ1n) is 6.38. The molecule has 2 rings (SSSR count). The zero-order chi connectivity index (χ0) is 13.1. The summed E-state index contributed by atoms with van der Waals surface area (Å²) in [6.07, 6.45) is 0.377. The second-order valence-electron chi connectivity index (χ2n) is 4.99. The van der Waals surface area contributed by atoms with Gasteiger partial charge in [-0.25, -0.2) is 0 Å². The van der Waals surface area contributed by atoms with Crippen molar-refractivity contribution in [2.24, 2.45) is 11.7 Å². The fraction of sp³-hybridized carbons (Fsp3) is 0.500. The second-order valence-corrected chi connectivity index (χ2v) is 4.99. The maximum atomic E-state index is 12.3. The Morgan fingerprint density at radius 1 is 1.44 bits per heavy atom. The molecule has 0 radical (unpaired) electrons. The molecule has 0 spiro atoms. The van der Waals surface area contributed by atoms with Gasteiger partial charge >= 0.3 is 0 Å². The molecule has 1 aliphatic rings. The number of aliphatic hydroxyl groups excluding tert-OH is 1. The number of aliphatic hydroxyl groups is 1. The Hall–Kier alpha value is -1.39. The molecule has 0 aliphatic carbocycles. The summed E-state index contributed by atoms with van der Waals surface area (Å²) in [5, 5.41) is 9.66. The Labute approximate surface area is 107 Å². The van der Waals surface area contributed by atoms with E-state index in [4.69, 9.17) is 5.73 Å². The van der Waals surface area contributed by atoms with Gasteiger partial charge in [-0.1, -0.05) is 19.1 Å². The van der Waals surface area contributed by atoms with Gasteiger partial charge in [0.1, 0.15) is 0 Å². The van der Waals surface area contributed by atoms with E-state index < -0.39 is 0 Å². The molecule has 0 saturated carbocycles. The smallest absolute Gasteiger partial charge is 0.253 e. The van der Waals surface area contributed by atoms with Crippen LogP contribution in [0.5, 0.6) is 0 Å². The Balaban J connectivity index is 2.06. The van der Waals surface area contributed by atoms with Gasteiger partial charge in [0.25, 0.3) is 5.91 Å². The minimum Gasteiger partial charge on any atom is -0.393 e. The van der Waals surface area contributed by atoms with Crippen LogP contribution in [0, 0.1) is 5.92 Å². The number of hydrogen-bond donors (Lipinski definition) is 2. The van der Waals surface area contributed by atoms with Gasteiger partial charge in [0.2, 0.25) is 0 Å². The first kappa shape index (κ1) is 13.1. The topological polar surface area (TPSA) is 66.6 Å². The van der Waals surface area contributed by atoms with Gasteiger partial charge in [0, 0.05) is 25.2 Å². The Morgan fingerprint density at radius 2 is 2.11 bits per heavy atom. The Bertz CT molecular complexity index is 416. The van der Waals surface area contributed by atoms with Crippen LogP contribution in [0.3, 0.4) is 0 Å². The van der Waals surface area contributed by atoms with Crippen LogP contribution in [0.2, 0.25) is 0 Å². The van der Waals surface area contributed by atoms with E-state index in [0.717, 1.165) is 5.56 Å². The number of likely N-dealkylation sites (tertiary alicyclic amines) is 1. The molecule has 98 valence electrons. The van der Waals surface area contributed by atoms with Gasteiger partial charge < -0.3 is 15.7 Å². The quantitative estimate of drug-likeness (QED) is 0.820. The van der Waals surface area contributed by atoms with E-state index in [1.807, 2.05) is 36.1 Å². The third-order valence-corrected chi connectivity index (χ3v) is 3.58. The molecular weight excluding hydrogens is 228 g/mol. The van der Waals surface area contributed by atoms with Crippen LogP contribution >= 0.6 is 0 Å². The van der Waals surface area contributed by atoms with Crippen molar-refractivity contribution in [2.75, 3.05) is 13.1 Å². The van der Waals surface area contributed by atoms with Gasteiger partial charge in [-0.2, -0.15) is 0 Å². The number of nitrogens with two attached hydrogens (primary N) is 1. The molecule has 1 saturated heterocycles. The average molecular weight is 248 g/mol. The molecule has 2 unspecified atom stereocenters. The van der Waals surface area contributed by atoms with Crippen LogP contribution in [-0.2, 0) is 6.54 Å². The summed E-state index contributed by atoms with van der Waals surface area (Å²) in [5.41, 5.74) is 7.24. The largest absolute Gasteiger partial charge is 0.393 e. The second kappa shape index (κ2) is 5.50. The van der Waals surface area contributed by atoms with Crippen molar-refractivity contribution in [2.45, 2.75) is 26.0 Å². The number of rotatable bonds is 2. The highest BCUT2D eigenvalue weighted by Crippen LogP contribution is 2.18. The number of carbonyl (C=O) groups excluding carboxylic acids is 1. The molecular formula is C14H20N2O2. The molecule has 18 heavy (non-hydrogen) atoms. The first-order valence-corrected chi connectivity index (χ1v) is 6.38. The van der Waals surface area contributed by atoms with Crippen LogP contribution in [0.4, 0.5) is 0 Å². The van der Waals surface area contributed by atoms with Gasteiger partial charge in [0.15, 0.2) is 0 Å². The van der Waals surface area contributed by atoms with E-state index in [9.17, 15) is 9.90 Å². The van der Waals surface area contributed by atoms with E-state index in [2.05, 4.69) is 0 Å². The van der Waals surface area contributed by atoms with Gasteiger partial charge in [0.05, 0.1) is 6.10 Å². The summed E-state index contributed by atoms with van der Waals surface area (Å²) in [6.45, 7) is 3.71. The van der Waals surface area contributed by atoms with E-state index in [1.54, 1.807) is 0 Å². The lowest BCUT2D eigenvalue weighted by Gasteiger charge is -2.34. The SMILES string of the molecule is CC1CN(C(=O)c2ccc(CN)cc2)CCC1O. The summed E-state index contributed by atoms with van der Waals surface area (Å²) in [6, 6.07) is 7.41. The Morgan fingerprint density at radius 3 is 2.67 bits per heavy atom. The highest BCUT2D eigenvalue weighted by molar-refractivity contribution is 5.94. The molecule has 1 aromatic carbocycles. The summed E-state index contributed by atoms with van der Waals surface area (Å²) >= 11 is 0. The molecule has 0 bridgehead atoms. The van der Waals surface area contributed by atoms with Gasteiger partial charge in [-0.05, 0) is 30.0 Å². The van der Waals surface area contributed by atoms with Crippen molar-refractivity contribution in [1.82, 2.24) is 4.90 Å². The monoisotopic (exact) mass is 248 g/mol. The van der Waals surface area contributed by atoms with Crippen molar-refractivity contribution in [3.63, 3.8) is 0 Å². The molecule has 1 fully saturated rings. The third-order valence-electron chi connectivity index (χ3n) is 3.58. The molecule has 1 aromatic rings. The average Bonchev–Trinajstić information content (AvgIpc) is 2.41. The van der Waals surface area contributed by atoms with Crippen LogP contribution in [0.15, 0.2) is 24.3 Å².